The minimum atomic E-state index is -2.54. The summed E-state index contributed by atoms with van der Waals surface area (Å²) in [5, 5.41) is 9.30. The average molecular weight is 453 g/mol. The van der Waals surface area contributed by atoms with Crippen LogP contribution in [0.25, 0.3) is 0 Å². The first kappa shape index (κ1) is 21.6. The summed E-state index contributed by atoms with van der Waals surface area (Å²) < 4.78 is 31.7. The highest BCUT2D eigenvalue weighted by molar-refractivity contribution is 5.93. The summed E-state index contributed by atoms with van der Waals surface area (Å²) in [5.74, 6) is -2.65. The number of hydrogen-bond donors (Lipinski definition) is 2. The smallest absolute Gasteiger partial charge is 0.255 e. The predicted molar refractivity (Wildman–Crippen MR) is 119 cm³/mol. The Morgan fingerprint density at radius 2 is 1.97 bits per heavy atom. The van der Waals surface area contributed by atoms with Gasteiger partial charge >= 0.3 is 0 Å². The SMILES string of the molecule is O=C(NCc1ccc(CN2CCc3cc(OCC4CC4(F)F)ccc3C2)cc1)c1cn[nH]c1. The van der Waals surface area contributed by atoms with E-state index in [9.17, 15) is 13.6 Å². The molecule has 1 atom stereocenters. The second-order valence-corrected chi connectivity index (χ2v) is 8.85. The number of carbonyl (C=O) groups excluding carboxylic acids is 1. The summed E-state index contributed by atoms with van der Waals surface area (Å²) in [7, 11) is 0. The number of aromatic nitrogens is 2. The van der Waals surface area contributed by atoms with Gasteiger partial charge in [-0.2, -0.15) is 5.10 Å². The molecule has 1 fully saturated rings. The van der Waals surface area contributed by atoms with Gasteiger partial charge in [0.25, 0.3) is 11.8 Å². The topological polar surface area (TPSA) is 70.2 Å². The molecule has 1 aliphatic heterocycles. The monoisotopic (exact) mass is 452 g/mol. The van der Waals surface area contributed by atoms with E-state index in [0.717, 1.165) is 31.6 Å². The number of ether oxygens (including phenoxy) is 1. The number of nitrogens with zero attached hydrogens (tertiary/aromatic N) is 2. The van der Waals surface area contributed by atoms with Gasteiger partial charge in [-0.1, -0.05) is 30.3 Å². The number of rotatable bonds is 8. The van der Waals surface area contributed by atoms with Crippen molar-refractivity contribution in [3.8, 4) is 5.75 Å². The molecule has 1 amide bonds. The van der Waals surface area contributed by atoms with Crippen LogP contribution >= 0.6 is 0 Å². The molecule has 2 aromatic carbocycles. The van der Waals surface area contributed by atoms with Crippen LogP contribution < -0.4 is 10.1 Å². The maximum absolute atomic E-state index is 13.0. The fourth-order valence-electron chi connectivity index (χ4n) is 4.14. The molecule has 172 valence electrons. The fraction of sp³-hybridized carbons (Fsp3) is 0.360. The first-order chi connectivity index (χ1) is 16.0. The van der Waals surface area contributed by atoms with Gasteiger partial charge in [0.1, 0.15) is 5.75 Å². The largest absolute Gasteiger partial charge is 0.493 e. The van der Waals surface area contributed by atoms with E-state index >= 15 is 0 Å². The van der Waals surface area contributed by atoms with E-state index in [1.165, 1.54) is 22.9 Å². The van der Waals surface area contributed by atoms with Crippen molar-refractivity contribution in [3.05, 3.63) is 82.7 Å². The molecule has 2 aliphatic rings. The second-order valence-electron chi connectivity index (χ2n) is 8.85. The Morgan fingerprint density at radius 3 is 2.70 bits per heavy atom. The number of carbonyl (C=O) groups is 1. The molecule has 33 heavy (non-hydrogen) atoms. The average Bonchev–Trinajstić information content (AvgIpc) is 3.17. The van der Waals surface area contributed by atoms with Crippen LogP contribution in [0.15, 0.2) is 54.9 Å². The van der Waals surface area contributed by atoms with Crippen LogP contribution in [-0.4, -0.2) is 40.1 Å². The lowest BCUT2D eigenvalue weighted by atomic mass is 9.99. The maximum Gasteiger partial charge on any atom is 0.255 e. The molecule has 0 spiro atoms. The third kappa shape index (κ3) is 5.22. The van der Waals surface area contributed by atoms with Crippen LogP contribution in [0.5, 0.6) is 5.75 Å². The van der Waals surface area contributed by atoms with E-state index in [4.69, 9.17) is 4.74 Å². The van der Waals surface area contributed by atoms with Crippen LogP contribution in [0.4, 0.5) is 8.78 Å². The van der Waals surface area contributed by atoms with Gasteiger partial charge in [0, 0.05) is 38.8 Å². The summed E-state index contributed by atoms with van der Waals surface area (Å²) in [4.78, 5) is 14.4. The van der Waals surface area contributed by atoms with Crippen molar-refractivity contribution in [3.63, 3.8) is 0 Å². The number of nitrogens with one attached hydrogen (secondary N) is 2. The molecule has 8 heteroatoms. The van der Waals surface area contributed by atoms with Crippen molar-refractivity contribution in [2.24, 2.45) is 5.92 Å². The zero-order chi connectivity index (χ0) is 22.8. The standard InChI is InChI=1S/C25H26F2N4O2/c26-25(27)10-22(25)16-33-23-6-5-20-15-31(8-7-19(20)9-23)14-18-3-1-17(2-4-18)11-28-24(32)21-12-29-30-13-21/h1-6,9,12-13,22H,7-8,10-11,14-16H2,(H,28,32)(H,29,30). The molecule has 5 rings (SSSR count). The summed E-state index contributed by atoms with van der Waals surface area (Å²) in [6.45, 7) is 3.17. The molecule has 1 aliphatic carbocycles. The minimum Gasteiger partial charge on any atom is -0.493 e. The summed E-state index contributed by atoms with van der Waals surface area (Å²) in [5.41, 5.74) is 5.25. The lowest BCUT2D eigenvalue weighted by molar-refractivity contribution is 0.0855. The van der Waals surface area contributed by atoms with E-state index in [1.807, 2.05) is 30.3 Å². The highest BCUT2D eigenvalue weighted by Crippen LogP contribution is 2.48. The van der Waals surface area contributed by atoms with Crippen LogP contribution in [0.2, 0.25) is 0 Å². The van der Waals surface area contributed by atoms with E-state index < -0.39 is 11.8 Å². The first-order valence-corrected chi connectivity index (χ1v) is 11.2. The Labute approximate surface area is 190 Å². The van der Waals surface area contributed by atoms with Gasteiger partial charge in [-0.3, -0.25) is 14.8 Å². The fourth-order valence-corrected chi connectivity index (χ4v) is 4.14. The third-order valence-electron chi connectivity index (χ3n) is 6.32. The van der Waals surface area contributed by atoms with E-state index in [1.54, 1.807) is 6.20 Å². The van der Waals surface area contributed by atoms with Crippen LogP contribution in [0.3, 0.4) is 0 Å². The van der Waals surface area contributed by atoms with E-state index in [-0.39, 0.29) is 18.9 Å². The normalized spacial score (nSPS) is 19.0. The molecular formula is C25H26F2N4O2. The second kappa shape index (κ2) is 8.94. The number of aromatic amines is 1. The van der Waals surface area contributed by atoms with Crippen molar-refractivity contribution in [2.45, 2.75) is 38.4 Å². The zero-order valence-corrected chi connectivity index (χ0v) is 18.2. The molecule has 1 unspecified atom stereocenters. The van der Waals surface area contributed by atoms with Crippen LogP contribution in [0, 0.1) is 5.92 Å². The van der Waals surface area contributed by atoms with E-state index in [2.05, 4.69) is 32.5 Å². The van der Waals surface area contributed by atoms with Gasteiger partial charge in [0.15, 0.2) is 0 Å². The number of amides is 1. The summed E-state index contributed by atoms with van der Waals surface area (Å²) in [6.07, 6.45) is 3.91. The predicted octanol–water partition coefficient (Wildman–Crippen LogP) is 3.93. The van der Waals surface area contributed by atoms with Gasteiger partial charge in [0.2, 0.25) is 0 Å². The molecule has 1 saturated carbocycles. The molecular weight excluding hydrogens is 426 g/mol. The zero-order valence-electron chi connectivity index (χ0n) is 18.2. The highest BCUT2D eigenvalue weighted by atomic mass is 19.3. The van der Waals surface area contributed by atoms with Gasteiger partial charge in [-0.05, 0) is 40.8 Å². The van der Waals surface area contributed by atoms with Gasteiger partial charge < -0.3 is 10.1 Å². The molecule has 3 aromatic rings. The first-order valence-electron chi connectivity index (χ1n) is 11.2. The van der Waals surface area contributed by atoms with Gasteiger partial charge in [-0.15, -0.1) is 0 Å². The molecule has 0 bridgehead atoms. The van der Waals surface area contributed by atoms with Gasteiger partial charge in [0.05, 0.1) is 24.3 Å². The van der Waals surface area contributed by atoms with Crippen LogP contribution in [0.1, 0.15) is 39.0 Å². The Balaban J connectivity index is 1.11. The maximum atomic E-state index is 13.0. The number of hydrogen-bond acceptors (Lipinski definition) is 4. The van der Waals surface area contributed by atoms with Crippen molar-refractivity contribution >= 4 is 5.91 Å². The van der Waals surface area contributed by atoms with Gasteiger partial charge in [-0.25, -0.2) is 8.78 Å². The lowest BCUT2D eigenvalue weighted by Crippen LogP contribution is -2.30. The Bertz CT molecular complexity index is 1120. The van der Waals surface area contributed by atoms with Crippen molar-refractivity contribution in [1.29, 1.82) is 0 Å². The number of alkyl halides is 2. The van der Waals surface area contributed by atoms with Crippen molar-refractivity contribution in [1.82, 2.24) is 20.4 Å². The Hall–Kier alpha value is -3.26. The number of halogens is 2. The minimum absolute atomic E-state index is 0.0617. The molecule has 0 saturated heterocycles. The molecule has 6 nitrogen and oxygen atoms in total. The molecule has 0 radical (unpaired) electrons. The van der Waals surface area contributed by atoms with E-state index in [0.29, 0.717) is 17.9 Å². The lowest BCUT2D eigenvalue weighted by Gasteiger charge is -2.29. The molecule has 2 heterocycles. The Morgan fingerprint density at radius 1 is 1.18 bits per heavy atom. The van der Waals surface area contributed by atoms with Crippen LogP contribution in [-0.2, 0) is 26.1 Å². The quantitative estimate of drug-likeness (QED) is 0.543. The Kier molecular flexibility index (Phi) is 5.85. The van der Waals surface area contributed by atoms with Crippen molar-refractivity contribution < 1.29 is 18.3 Å². The number of fused-ring (bicyclic) bond motifs is 1. The highest BCUT2D eigenvalue weighted by Gasteiger charge is 2.57. The number of benzene rings is 2. The molecule has 2 N–H and O–H groups in total. The molecule has 1 aromatic heterocycles. The summed E-state index contributed by atoms with van der Waals surface area (Å²) in [6, 6.07) is 14.2. The number of H-pyrrole nitrogens is 1. The van der Waals surface area contributed by atoms with Crippen molar-refractivity contribution in [2.75, 3.05) is 13.2 Å². The summed E-state index contributed by atoms with van der Waals surface area (Å²) >= 11 is 0. The third-order valence-corrected chi connectivity index (χ3v) is 6.32.